The van der Waals surface area contributed by atoms with Gasteiger partial charge in [0.2, 0.25) is 0 Å². The SMILES string of the molecule is CCC(C#N)NCC1CCN(C(C)C)C1. The van der Waals surface area contributed by atoms with E-state index in [-0.39, 0.29) is 6.04 Å². The van der Waals surface area contributed by atoms with Crippen molar-refractivity contribution in [2.45, 2.75) is 45.7 Å². The van der Waals surface area contributed by atoms with E-state index in [9.17, 15) is 0 Å². The van der Waals surface area contributed by atoms with Crippen LogP contribution in [0.25, 0.3) is 0 Å². The van der Waals surface area contributed by atoms with E-state index in [0.717, 1.165) is 18.9 Å². The van der Waals surface area contributed by atoms with Crippen molar-refractivity contribution in [1.82, 2.24) is 10.2 Å². The standard InChI is InChI=1S/C12H23N3/c1-4-12(7-13)14-8-11-5-6-15(9-11)10(2)3/h10-12,14H,4-6,8-9H2,1-3H3. The Morgan fingerprint density at radius 3 is 2.73 bits per heavy atom. The van der Waals surface area contributed by atoms with Gasteiger partial charge < -0.3 is 10.2 Å². The van der Waals surface area contributed by atoms with E-state index in [4.69, 9.17) is 5.26 Å². The van der Waals surface area contributed by atoms with Crippen LogP contribution in [0.2, 0.25) is 0 Å². The van der Waals surface area contributed by atoms with Crippen molar-refractivity contribution in [1.29, 1.82) is 5.26 Å². The molecule has 86 valence electrons. The van der Waals surface area contributed by atoms with Gasteiger partial charge in [0.15, 0.2) is 0 Å². The first-order valence-electron chi connectivity index (χ1n) is 6.04. The predicted molar refractivity (Wildman–Crippen MR) is 62.5 cm³/mol. The maximum atomic E-state index is 8.82. The fraction of sp³-hybridized carbons (Fsp3) is 0.917. The smallest absolute Gasteiger partial charge is 0.0950 e. The van der Waals surface area contributed by atoms with Crippen LogP contribution in [0.4, 0.5) is 0 Å². The molecule has 0 aliphatic carbocycles. The molecule has 1 aliphatic heterocycles. The highest BCUT2D eigenvalue weighted by Gasteiger charge is 2.24. The lowest BCUT2D eigenvalue weighted by atomic mass is 10.1. The summed E-state index contributed by atoms with van der Waals surface area (Å²) in [5, 5.41) is 12.1. The zero-order valence-electron chi connectivity index (χ0n) is 10.2. The molecule has 0 aromatic rings. The van der Waals surface area contributed by atoms with Gasteiger partial charge in [-0.15, -0.1) is 0 Å². The summed E-state index contributed by atoms with van der Waals surface area (Å²) in [5.41, 5.74) is 0. The minimum atomic E-state index is 0.0399. The van der Waals surface area contributed by atoms with Crippen molar-refractivity contribution in [3.05, 3.63) is 0 Å². The topological polar surface area (TPSA) is 39.1 Å². The lowest BCUT2D eigenvalue weighted by Gasteiger charge is -2.20. The number of nitrogens with zero attached hydrogens (tertiary/aromatic N) is 2. The van der Waals surface area contributed by atoms with Gasteiger partial charge in [-0.1, -0.05) is 6.92 Å². The number of likely N-dealkylation sites (tertiary alicyclic amines) is 1. The highest BCUT2D eigenvalue weighted by molar-refractivity contribution is 4.90. The maximum Gasteiger partial charge on any atom is 0.0950 e. The third-order valence-corrected chi connectivity index (χ3v) is 3.26. The van der Waals surface area contributed by atoms with Crippen LogP contribution in [-0.4, -0.2) is 36.6 Å². The summed E-state index contributed by atoms with van der Waals surface area (Å²) < 4.78 is 0. The number of hydrogen-bond acceptors (Lipinski definition) is 3. The third kappa shape index (κ3) is 3.81. The van der Waals surface area contributed by atoms with Crippen LogP contribution in [0.5, 0.6) is 0 Å². The van der Waals surface area contributed by atoms with Crippen LogP contribution in [0.3, 0.4) is 0 Å². The second-order valence-electron chi connectivity index (χ2n) is 4.74. The monoisotopic (exact) mass is 209 g/mol. The van der Waals surface area contributed by atoms with E-state index in [0.29, 0.717) is 6.04 Å². The van der Waals surface area contributed by atoms with Gasteiger partial charge in [-0.05, 0) is 39.2 Å². The van der Waals surface area contributed by atoms with Crippen LogP contribution in [0, 0.1) is 17.2 Å². The average molecular weight is 209 g/mol. The van der Waals surface area contributed by atoms with Crippen LogP contribution in [-0.2, 0) is 0 Å². The number of nitrogens with one attached hydrogen (secondary N) is 1. The molecule has 1 fully saturated rings. The van der Waals surface area contributed by atoms with Crippen molar-refractivity contribution in [2.24, 2.45) is 5.92 Å². The van der Waals surface area contributed by atoms with Gasteiger partial charge in [-0.2, -0.15) is 5.26 Å². The number of hydrogen-bond donors (Lipinski definition) is 1. The Balaban J connectivity index is 2.22. The first-order chi connectivity index (χ1) is 7.17. The molecule has 0 radical (unpaired) electrons. The van der Waals surface area contributed by atoms with E-state index in [1.807, 2.05) is 0 Å². The van der Waals surface area contributed by atoms with E-state index < -0.39 is 0 Å². The lowest BCUT2D eigenvalue weighted by molar-refractivity contribution is 0.263. The summed E-state index contributed by atoms with van der Waals surface area (Å²) in [6.07, 6.45) is 2.17. The maximum absolute atomic E-state index is 8.82. The van der Waals surface area contributed by atoms with Gasteiger partial charge in [0.1, 0.15) is 0 Å². The second-order valence-corrected chi connectivity index (χ2v) is 4.74. The molecule has 2 unspecified atom stereocenters. The van der Waals surface area contributed by atoms with Gasteiger partial charge >= 0.3 is 0 Å². The molecule has 1 saturated heterocycles. The zero-order chi connectivity index (χ0) is 11.3. The van der Waals surface area contributed by atoms with E-state index in [1.165, 1.54) is 19.5 Å². The first-order valence-corrected chi connectivity index (χ1v) is 6.04. The molecule has 1 rings (SSSR count). The Bertz CT molecular complexity index is 219. The highest BCUT2D eigenvalue weighted by Crippen LogP contribution is 2.17. The number of rotatable bonds is 5. The summed E-state index contributed by atoms with van der Waals surface area (Å²) >= 11 is 0. The van der Waals surface area contributed by atoms with Crippen molar-refractivity contribution in [3.8, 4) is 6.07 Å². The van der Waals surface area contributed by atoms with Gasteiger partial charge in [0.25, 0.3) is 0 Å². The molecule has 15 heavy (non-hydrogen) atoms. The zero-order valence-corrected chi connectivity index (χ0v) is 10.2. The molecular formula is C12H23N3. The molecule has 0 spiro atoms. The van der Waals surface area contributed by atoms with E-state index in [2.05, 4.69) is 37.1 Å². The Hall–Kier alpha value is -0.590. The summed E-state index contributed by atoms with van der Waals surface area (Å²) in [5.74, 6) is 0.731. The van der Waals surface area contributed by atoms with Crippen molar-refractivity contribution >= 4 is 0 Å². The van der Waals surface area contributed by atoms with Gasteiger partial charge in [0.05, 0.1) is 12.1 Å². The molecule has 1 heterocycles. The molecule has 3 nitrogen and oxygen atoms in total. The van der Waals surface area contributed by atoms with Gasteiger partial charge in [-0.3, -0.25) is 0 Å². The molecule has 0 saturated carbocycles. The second kappa shape index (κ2) is 6.09. The number of nitriles is 1. The van der Waals surface area contributed by atoms with Gasteiger partial charge in [-0.25, -0.2) is 0 Å². The highest BCUT2D eigenvalue weighted by atomic mass is 15.2. The molecule has 0 aromatic heterocycles. The molecule has 2 atom stereocenters. The predicted octanol–water partition coefficient (Wildman–Crippen LogP) is 1.61. The Morgan fingerprint density at radius 1 is 1.53 bits per heavy atom. The largest absolute Gasteiger partial charge is 0.302 e. The molecule has 3 heteroatoms. The Kier molecular flexibility index (Phi) is 5.07. The molecule has 0 amide bonds. The van der Waals surface area contributed by atoms with Crippen LogP contribution >= 0.6 is 0 Å². The summed E-state index contributed by atoms with van der Waals surface area (Å²) in [6, 6.07) is 2.98. The molecule has 0 bridgehead atoms. The Labute approximate surface area is 93.5 Å². The average Bonchev–Trinajstić information content (AvgIpc) is 2.68. The fourth-order valence-electron chi connectivity index (χ4n) is 2.09. The summed E-state index contributed by atoms with van der Waals surface area (Å²) in [7, 11) is 0. The van der Waals surface area contributed by atoms with Crippen molar-refractivity contribution in [3.63, 3.8) is 0 Å². The van der Waals surface area contributed by atoms with Crippen molar-refractivity contribution in [2.75, 3.05) is 19.6 Å². The summed E-state index contributed by atoms with van der Waals surface area (Å²) in [4.78, 5) is 2.51. The lowest BCUT2D eigenvalue weighted by Crippen LogP contribution is -2.34. The molecule has 1 N–H and O–H groups in total. The molecule has 1 aliphatic rings. The quantitative estimate of drug-likeness (QED) is 0.747. The van der Waals surface area contributed by atoms with Crippen molar-refractivity contribution < 1.29 is 0 Å². The van der Waals surface area contributed by atoms with E-state index >= 15 is 0 Å². The molecule has 0 aromatic carbocycles. The van der Waals surface area contributed by atoms with E-state index in [1.54, 1.807) is 0 Å². The van der Waals surface area contributed by atoms with Crippen LogP contribution in [0.15, 0.2) is 0 Å². The van der Waals surface area contributed by atoms with Crippen LogP contribution < -0.4 is 5.32 Å². The first kappa shape index (κ1) is 12.5. The summed E-state index contributed by atoms with van der Waals surface area (Å²) in [6.45, 7) is 9.95. The fourth-order valence-corrected chi connectivity index (χ4v) is 2.09. The van der Waals surface area contributed by atoms with Crippen LogP contribution in [0.1, 0.15) is 33.6 Å². The van der Waals surface area contributed by atoms with Gasteiger partial charge in [0, 0.05) is 19.1 Å². The minimum absolute atomic E-state index is 0.0399. The normalized spacial score (nSPS) is 24.3. The minimum Gasteiger partial charge on any atom is -0.302 e. The Morgan fingerprint density at radius 2 is 2.27 bits per heavy atom. The third-order valence-electron chi connectivity index (χ3n) is 3.26. The molecular weight excluding hydrogens is 186 g/mol.